The molecule has 0 saturated heterocycles. The fraction of sp³-hybridized carbons (Fsp3) is 1.00. The number of rotatable bonds is 34. The predicted molar refractivity (Wildman–Crippen MR) is 394 cm³/mol. The van der Waals surface area contributed by atoms with Gasteiger partial charge >= 0.3 is 0 Å². The van der Waals surface area contributed by atoms with Crippen LogP contribution in [0.1, 0.15) is 404 Å². The molecule has 532 valence electrons. The summed E-state index contributed by atoms with van der Waals surface area (Å²) in [5.74, 6) is 15.8. The van der Waals surface area contributed by atoms with Crippen LogP contribution in [0, 0.1) is 94.7 Å². The summed E-state index contributed by atoms with van der Waals surface area (Å²) in [5, 5.41) is 0. The van der Waals surface area contributed by atoms with E-state index in [2.05, 4.69) is 76.2 Å². The van der Waals surface area contributed by atoms with Crippen molar-refractivity contribution in [1.82, 2.24) is 0 Å². The highest BCUT2D eigenvalue weighted by Crippen LogP contribution is 2.48. The second-order valence-corrected chi connectivity index (χ2v) is 33.0. The zero-order valence-corrected chi connectivity index (χ0v) is 63.4. The topological polar surface area (TPSA) is 36.9 Å². The van der Waals surface area contributed by atoms with E-state index in [0.29, 0.717) is 24.4 Å². The van der Waals surface area contributed by atoms with Crippen molar-refractivity contribution < 1.29 is 18.9 Å². The van der Waals surface area contributed by atoms with E-state index in [4.69, 9.17) is 18.9 Å². The predicted octanol–water partition coefficient (Wildman–Crippen LogP) is 27.2. The lowest BCUT2D eigenvalue weighted by atomic mass is 9.67. The molecule has 0 spiro atoms. The highest BCUT2D eigenvalue weighted by Gasteiger charge is 2.40. The summed E-state index contributed by atoms with van der Waals surface area (Å²) >= 11 is 0. The highest BCUT2D eigenvalue weighted by molar-refractivity contribution is 4.91. The zero-order valence-electron chi connectivity index (χ0n) is 63.4. The van der Waals surface area contributed by atoms with E-state index in [9.17, 15) is 0 Å². The summed E-state index contributed by atoms with van der Waals surface area (Å²) in [6.45, 7) is 28.2. The van der Waals surface area contributed by atoms with Crippen molar-refractivity contribution in [3.63, 3.8) is 0 Å². The average Bonchev–Trinajstić information content (AvgIpc) is 3.44. The number of hydrogen-bond donors (Lipinski definition) is 0. The van der Waals surface area contributed by atoms with Gasteiger partial charge in [0.25, 0.3) is 0 Å². The van der Waals surface area contributed by atoms with Crippen molar-refractivity contribution in [3.8, 4) is 0 Å². The Kier molecular flexibility index (Phi) is 44.2. The Labute approximate surface area is 565 Å². The summed E-state index contributed by atoms with van der Waals surface area (Å²) < 4.78 is 24.1. The van der Waals surface area contributed by atoms with Gasteiger partial charge < -0.3 is 18.9 Å². The Balaban J connectivity index is 0.000000218. The van der Waals surface area contributed by atoms with E-state index in [1.54, 1.807) is 0 Å². The van der Waals surface area contributed by atoms with Gasteiger partial charge in [0.2, 0.25) is 0 Å². The Hall–Kier alpha value is -0.160. The van der Waals surface area contributed by atoms with E-state index >= 15 is 0 Å². The van der Waals surface area contributed by atoms with E-state index in [1.165, 1.54) is 327 Å². The molecule has 12 unspecified atom stereocenters. The standard InChI is InChI=1S/C23H44O.C22H42O.C21H40O.C20H38O/c1-4-7-9-10-19-11-13-21(14-12-19)22-15-16-23(20(6-3)18-22)24-17-8-5-2;1-4-7-8-9-18-10-12-20(13-11-18)21-14-15-22(23-16-5-2)19(6-3)17-21;1-4-7-8-9-17-10-12-19(13-11-17)20-14-15-21(22-6-3)18(5-2)16-20;1-4-6-7-8-16-9-11-18(12-10-16)19-13-14-20(21-3)17(5-2)15-19/h19-23H,4-18H2,1-3H3;18-22H,4-17H2,1-3H3;17-21H,4-16H2,1-3H3;16-20H,4-15H2,1-3H3. The first-order valence-electron chi connectivity index (χ1n) is 42.5. The van der Waals surface area contributed by atoms with Gasteiger partial charge in [0.15, 0.2) is 0 Å². The maximum atomic E-state index is 6.23. The lowest BCUT2D eigenvalue weighted by Gasteiger charge is -2.41. The van der Waals surface area contributed by atoms with Crippen molar-refractivity contribution in [2.75, 3.05) is 26.9 Å². The van der Waals surface area contributed by atoms with E-state index in [1.807, 2.05) is 7.11 Å². The number of unbranched alkanes of at least 4 members (excludes halogenated alkanes) is 9. The molecule has 0 heterocycles. The Morgan fingerprint density at radius 1 is 0.233 bits per heavy atom. The molecular formula is C86H164O4. The summed E-state index contributed by atoms with van der Waals surface area (Å²) in [6, 6.07) is 0. The van der Waals surface area contributed by atoms with Crippen molar-refractivity contribution >= 4 is 0 Å². The van der Waals surface area contributed by atoms with Gasteiger partial charge in [-0.05, 0) is 243 Å². The first-order chi connectivity index (χ1) is 44.1. The number of hydrogen-bond acceptors (Lipinski definition) is 4. The highest BCUT2D eigenvalue weighted by atomic mass is 16.5. The van der Waals surface area contributed by atoms with Crippen LogP contribution in [0.4, 0.5) is 0 Å². The molecule has 12 atom stereocenters. The van der Waals surface area contributed by atoms with Gasteiger partial charge in [-0.15, -0.1) is 0 Å². The minimum absolute atomic E-state index is 0.552. The Morgan fingerprint density at radius 2 is 0.489 bits per heavy atom. The van der Waals surface area contributed by atoms with E-state index in [0.717, 1.165) is 115 Å². The molecule has 8 rings (SSSR count). The molecule has 0 radical (unpaired) electrons. The van der Waals surface area contributed by atoms with Crippen LogP contribution in [-0.4, -0.2) is 51.3 Å². The van der Waals surface area contributed by atoms with Crippen molar-refractivity contribution in [3.05, 3.63) is 0 Å². The van der Waals surface area contributed by atoms with Gasteiger partial charge in [-0.3, -0.25) is 0 Å². The monoisotopic (exact) mass is 1260 g/mol. The lowest BCUT2D eigenvalue weighted by Crippen LogP contribution is -2.35. The molecule has 0 bridgehead atoms. The fourth-order valence-electron chi connectivity index (χ4n) is 20.9. The van der Waals surface area contributed by atoms with Crippen LogP contribution in [0.15, 0.2) is 0 Å². The third-order valence-electron chi connectivity index (χ3n) is 27.1. The average molecular weight is 1260 g/mol. The van der Waals surface area contributed by atoms with Crippen LogP contribution < -0.4 is 0 Å². The third kappa shape index (κ3) is 29.5. The Morgan fingerprint density at radius 3 is 0.744 bits per heavy atom. The van der Waals surface area contributed by atoms with Crippen LogP contribution in [0.2, 0.25) is 0 Å². The summed E-state index contributed by atoms with van der Waals surface area (Å²) in [7, 11) is 1.91. The van der Waals surface area contributed by atoms with E-state index in [-0.39, 0.29) is 0 Å². The molecule has 8 saturated carbocycles. The molecule has 90 heavy (non-hydrogen) atoms. The summed E-state index contributed by atoms with van der Waals surface area (Å²) in [4.78, 5) is 0. The fourth-order valence-corrected chi connectivity index (χ4v) is 20.9. The summed E-state index contributed by atoms with van der Waals surface area (Å²) in [5.41, 5.74) is 0. The van der Waals surface area contributed by atoms with Crippen LogP contribution in [0.3, 0.4) is 0 Å². The van der Waals surface area contributed by atoms with Crippen molar-refractivity contribution in [1.29, 1.82) is 0 Å². The van der Waals surface area contributed by atoms with Gasteiger partial charge in [0, 0.05) is 26.9 Å². The van der Waals surface area contributed by atoms with Crippen molar-refractivity contribution in [2.45, 2.75) is 428 Å². The smallest absolute Gasteiger partial charge is 0.0603 e. The summed E-state index contributed by atoms with van der Waals surface area (Å²) in [6.07, 6.45) is 75.6. The maximum absolute atomic E-state index is 6.23. The van der Waals surface area contributed by atoms with Crippen molar-refractivity contribution in [2.24, 2.45) is 94.7 Å². The molecule has 4 heteroatoms. The SMILES string of the molecule is CCCCCC1CCC(C2CCC(OC)C(CC)C2)CC1.CCCCCC1CCC(C2CCC(OCC)C(CC)C2)CC1.CCCCCC1CCC(C2CCC(OCCC)C(CC)C2)CC1.CCCCCC1CCC(C2CCC(OCCCC)C(CC)C2)CC1. The first-order valence-corrected chi connectivity index (χ1v) is 42.5. The zero-order chi connectivity index (χ0) is 64.6. The van der Waals surface area contributed by atoms with Crippen LogP contribution in [-0.2, 0) is 18.9 Å². The largest absolute Gasteiger partial charge is 0.381 e. The minimum atomic E-state index is 0.552. The number of ether oxygens (including phenoxy) is 4. The molecule has 0 N–H and O–H groups in total. The van der Waals surface area contributed by atoms with Gasteiger partial charge in [-0.25, -0.2) is 0 Å². The molecule has 0 amide bonds. The molecule has 0 aromatic carbocycles. The second-order valence-electron chi connectivity index (χ2n) is 33.0. The molecule has 0 aromatic heterocycles. The lowest BCUT2D eigenvalue weighted by molar-refractivity contribution is -0.0356. The van der Waals surface area contributed by atoms with Gasteiger partial charge in [0.1, 0.15) is 0 Å². The normalized spacial score (nSPS) is 35.9. The third-order valence-corrected chi connectivity index (χ3v) is 27.1. The molecule has 4 nitrogen and oxygen atoms in total. The maximum Gasteiger partial charge on any atom is 0.0603 e. The second kappa shape index (κ2) is 49.4. The Bertz CT molecular complexity index is 1620. The number of methoxy groups -OCH3 is 1. The van der Waals surface area contributed by atoms with Crippen LogP contribution in [0.25, 0.3) is 0 Å². The molecule has 0 aromatic rings. The molecular weight excluding hydrogens is 1100 g/mol. The van der Waals surface area contributed by atoms with E-state index < -0.39 is 0 Å². The first kappa shape index (κ1) is 80.5. The van der Waals surface area contributed by atoms with Gasteiger partial charge in [-0.1, -0.05) is 255 Å². The molecule has 8 fully saturated rings. The molecule has 8 aliphatic rings. The van der Waals surface area contributed by atoms with Gasteiger partial charge in [0.05, 0.1) is 24.4 Å². The van der Waals surface area contributed by atoms with Gasteiger partial charge in [-0.2, -0.15) is 0 Å². The molecule has 0 aliphatic heterocycles. The van der Waals surface area contributed by atoms with Crippen LogP contribution in [0.5, 0.6) is 0 Å². The minimum Gasteiger partial charge on any atom is -0.381 e. The molecule has 8 aliphatic carbocycles. The van der Waals surface area contributed by atoms with Crippen LogP contribution >= 0.6 is 0 Å². The quantitative estimate of drug-likeness (QED) is 0.0602.